The van der Waals surface area contributed by atoms with E-state index in [9.17, 15) is 0 Å². The van der Waals surface area contributed by atoms with Crippen LogP contribution in [0.25, 0.3) is 5.57 Å². The van der Waals surface area contributed by atoms with Crippen LogP contribution in [0, 0.1) is 0 Å². The molecule has 1 heterocycles. The average molecular weight is 270 g/mol. The van der Waals surface area contributed by atoms with Crippen molar-refractivity contribution in [2.24, 2.45) is 0 Å². The van der Waals surface area contributed by atoms with E-state index < -0.39 is 8.07 Å². The molecule has 0 nitrogen and oxygen atoms in total. The second-order valence-corrected chi connectivity index (χ2v) is 10.4. The highest BCUT2D eigenvalue weighted by atomic mass is 28.3. The maximum Gasteiger partial charge on any atom is 0.100 e. The monoisotopic (exact) mass is 270 g/mol. The Labute approximate surface area is 119 Å². The van der Waals surface area contributed by atoms with Crippen LogP contribution in [-0.2, 0) is 0 Å². The summed E-state index contributed by atoms with van der Waals surface area (Å²) in [6, 6.07) is 11.0. The smallest absolute Gasteiger partial charge is 0.0825 e. The average Bonchev–Trinajstić information content (AvgIpc) is 2.65. The molecule has 0 saturated heterocycles. The van der Waals surface area contributed by atoms with Gasteiger partial charge in [-0.25, -0.2) is 0 Å². The second kappa shape index (κ2) is 5.92. The minimum Gasteiger partial charge on any atom is -0.0825 e. The summed E-state index contributed by atoms with van der Waals surface area (Å²) >= 11 is 0. The first-order chi connectivity index (χ1) is 9.10. The van der Waals surface area contributed by atoms with Crippen LogP contribution in [0.3, 0.4) is 0 Å². The SMILES string of the molecule is CCCC1=C(CCC)[Si](C)(C)C=C1c1ccccc1. The van der Waals surface area contributed by atoms with Gasteiger partial charge in [0.05, 0.1) is 0 Å². The Morgan fingerprint density at radius 2 is 1.53 bits per heavy atom. The quantitative estimate of drug-likeness (QED) is 0.596. The first-order valence-electron chi connectivity index (χ1n) is 7.61. The molecule has 0 atom stereocenters. The molecule has 1 aliphatic rings. The lowest BCUT2D eigenvalue weighted by atomic mass is 9.95. The summed E-state index contributed by atoms with van der Waals surface area (Å²) in [5.74, 6) is 0. The molecule has 0 bridgehead atoms. The second-order valence-electron chi connectivity index (χ2n) is 6.10. The van der Waals surface area contributed by atoms with Crippen molar-refractivity contribution in [1.29, 1.82) is 0 Å². The van der Waals surface area contributed by atoms with Crippen LogP contribution in [0.15, 0.2) is 46.8 Å². The number of hydrogen-bond donors (Lipinski definition) is 0. The predicted molar refractivity (Wildman–Crippen MR) is 88.7 cm³/mol. The Bertz CT molecular complexity index is 492. The van der Waals surface area contributed by atoms with Gasteiger partial charge in [0, 0.05) is 0 Å². The molecule has 1 aromatic carbocycles. The van der Waals surface area contributed by atoms with E-state index in [1.165, 1.54) is 31.2 Å². The molecular formula is C18H26Si. The summed E-state index contributed by atoms with van der Waals surface area (Å²) in [4.78, 5) is 0. The van der Waals surface area contributed by atoms with E-state index in [2.05, 4.69) is 63.0 Å². The Hall–Kier alpha value is -1.08. The normalized spacial score (nSPS) is 17.8. The third-order valence-electron chi connectivity index (χ3n) is 4.06. The Morgan fingerprint density at radius 3 is 2.11 bits per heavy atom. The third-order valence-corrected chi connectivity index (χ3v) is 7.17. The lowest BCUT2D eigenvalue weighted by Gasteiger charge is -2.19. The van der Waals surface area contributed by atoms with Gasteiger partial charge in [0.25, 0.3) is 0 Å². The van der Waals surface area contributed by atoms with Crippen LogP contribution in [0.5, 0.6) is 0 Å². The summed E-state index contributed by atoms with van der Waals surface area (Å²) in [6.07, 6.45) is 5.06. The Kier molecular flexibility index (Phi) is 4.46. The minimum atomic E-state index is -1.32. The van der Waals surface area contributed by atoms with Crippen molar-refractivity contribution in [3.8, 4) is 0 Å². The zero-order valence-electron chi connectivity index (χ0n) is 12.8. The van der Waals surface area contributed by atoms with E-state index in [1.807, 2.05) is 0 Å². The lowest BCUT2D eigenvalue weighted by molar-refractivity contribution is 0.885. The van der Waals surface area contributed by atoms with Gasteiger partial charge in [0.15, 0.2) is 0 Å². The van der Waals surface area contributed by atoms with Crippen LogP contribution in [-0.4, -0.2) is 8.07 Å². The summed E-state index contributed by atoms with van der Waals surface area (Å²) in [5, 5.41) is 1.80. The standard InChI is InChI=1S/C18H26Si/c1-5-10-16-17(15-12-8-7-9-13-15)14-19(3,4)18(16)11-6-2/h7-9,12-14H,5-6,10-11H2,1-4H3. The summed E-state index contributed by atoms with van der Waals surface area (Å²) in [6.45, 7) is 9.61. The molecule has 0 N–H and O–H groups in total. The summed E-state index contributed by atoms with van der Waals surface area (Å²) in [7, 11) is -1.32. The molecule has 1 heteroatoms. The molecular weight excluding hydrogens is 244 g/mol. The molecule has 0 radical (unpaired) electrons. The molecule has 0 aromatic heterocycles. The van der Waals surface area contributed by atoms with Crippen molar-refractivity contribution in [1.82, 2.24) is 0 Å². The van der Waals surface area contributed by atoms with E-state index in [0.717, 1.165) is 0 Å². The number of benzene rings is 1. The molecule has 0 saturated carbocycles. The molecule has 2 rings (SSSR count). The van der Waals surface area contributed by atoms with Crippen LogP contribution >= 0.6 is 0 Å². The van der Waals surface area contributed by atoms with Crippen molar-refractivity contribution in [2.75, 3.05) is 0 Å². The maximum atomic E-state index is 2.62. The highest BCUT2D eigenvalue weighted by Crippen LogP contribution is 2.42. The highest BCUT2D eigenvalue weighted by Gasteiger charge is 2.33. The molecule has 0 spiro atoms. The predicted octanol–water partition coefficient (Wildman–Crippen LogP) is 5.77. The van der Waals surface area contributed by atoms with Gasteiger partial charge >= 0.3 is 0 Å². The van der Waals surface area contributed by atoms with Crippen molar-refractivity contribution < 1.29 is 0 Å². The maximum absolute atomic E-state index is 2.62. The van der Waals surface area contributed by atoms with E-state index in [4.69, 9.17) is 0 Å². The van der Waals surface area contributed by atoms with E-state index in [-0.39, 0.29) is 0 Å². The van der Waals surface area contributed by atoms with E-state index in [0.29, 0.717) is 0 Å². The van der Waals surface area contributed by atoms with Crippen LogP contribution < -0.4 is 0 Å². The Balaban J connectivity index is 2.48. The van der Waals surface area contributed by atoms with E-state index >= 15 is 0 Å². The number of rotatable bonds is 5. The fraction of sp³-hybridized carbons (Fsp3) is 0.444. The minimum absolute atomic E-state index is 1.24. The van der Waals surface area contributed by atoms with Gasteiger partial charge in [0.2, 0.25) is 0 Å². The van der Waals surface area contributed by atoms with Gasteiger partial charge in [-0.15, -0.1) is 0 Å². The van der Waals surface area contributed by atoms with E-state index in [1.54, 1.807) is 16.3 Å². The molecule has 19 heavy (non-hydrogen) atoms. The zero-order chi connectivity index (χ0) is 13.9. The zero-order valence-corrected chi connectivity index (χ0v) is 13.8. The molecule has 0 unspecified atom stereocenters. The third kappa shape index (κ3) is 2.92. The fourth-order valence-electron chi connectivity index (χ4n) is 3.22. The Morgan fingerprint density at radius 1 is 0.895 bits per heavy atom. The van der Waals surface area contributed by atoms with Crippen molar-refractivity contribution in [3.63, 3.8) is 0 Å². The van der Waals surface area contributed by atoms with Crippen molar-refractivity contribution >= 4 is 13.6 Å². The summed E-state index contributed by atoms with van der Waals surface area (Å²) in [5.41, 5.74) is 7.26. The summed E-state index contributed by atoms with van der Waals surface area (Å²) < 4.78 is 0. The molecule has 102 valence electrons. The first-order valence-corrected chi connectivity index (χ1v) is 10.7. The molecule has 0 amide bonds. The number of hydrogen-bond acceptors (Lipinski definition) is 0. The van der Waals surface area contributed by atoms with Crippen LogP contribution in [0.4, 0.5) is 0 Å². The molecule has 0 fully saturated rings. The van der Waals surface area contributed by atoms with Gasteiger partial charge < -0.3 is 0 Å². The van der Waals surface area contributed by atoms with Gasteiger partial charge in [-0.05, 0) is 29.6 Å². The first kappa shape index (κ1) is 14.3. The molecule has 1 aromatic rings. The molecule has 1 aliphatic heterocycles. The fourth-order valence-corrected chi connectivity index (χ4v) is 6.39. The highest BCUT2D eigenvalue weighted by molar-refractivity contribution is 6.91. The van der Waals surface area contributed by atoms with Crippen LogP contribution in [0.1, 0.15) is 45.1 Å². The molecule has 0 aliphatic carbocycles. The number of allylic oxidation sites excluding steroid dienone is 3. The largest absolute Gasteiger partial charge is 0.100 e. The van der Waals surface area contributed by atoms with Crippen LogP contribution in [0.2, 0.25) is 13.1 Å². The lowest BCUT2D eigenvalue weighted by Crippen LogP contribution is -2.24. The van der Waals surface area contributed by atoms with Gasteiger partial charge in [-0.1, -0.05) is 81.0 Å². The van der Waals surface area contributed by atoms with Crippen molar-refractivity contribution in [3.05, 3.63) is 52.4 Å². The van der Waals surface area contributed by atoms with Crippen molar-refractivity contribution in [2.45, 2.75) is 52.6 Å². The van der Waals surface area contributed by atoms with Gasteiger partial charge in [-0.2, -0.15) is 0 Å². The topological polar surface area (TPSA) is 0 Å². The van der Waals surface area contributed by atoms with Gasteiger partial charge in [0.1, 0.15) is 8.07 Å². The van der Waals surface area contributed by atoms with Gasteiger partial charge in [-0.3, -0.25) is 0 Å².